The molecule has 1 amide bonds. The Hall–Kier alpha value is -3.53. The van der Waals surface area contributed by atoms with E-state index < -0.39 is 0 Å². The minimum Gasteiger partial charge on any atom is -0.465 e. The van der Waals surface area contributed by atoms with Gasteiger partial charge >= 0.3 is 5.97 Å². The van der Waals surface area contributed by atoms with E-state index in [9.17, 15) is 14.9 Å². The molecule has 0 unspecified atom stereocenters. The van der Waals surface area contributed by atoms with Crippen molar-refractivity contribution in [1.82, 2.24) is 5.32 Å². The van der Waals surface area contributed by atoms with Crippen LogP contribution in [0.2, 0.25) is 10.0 Å². The number of carbonyl (C=O) groups excluding carboxylic acids is 2. The van der Waals surface area contributed by atoms with Crippen molar-refractivity contribution in [3.8, 4) is 17.6 Å². The van der Waals surface area contributed by atoms with Crippen LogP contribution >= 0.6 is 23.2 Å². The van der Waals surface area contributed by atoms with Gasteiger partial charge in [0.2, 0.25) is 0 Å². The van der Waals surface area contributed by atoms with E-state index >= 15 is 0 Å². The van der Waals surface area contributed by atoms with E-state index in [1.165, 1.54) is 0 Å². The summed E-state index contributed by atoms with van der Waals surface area (Å²) in [7, 11) is 0. The zero-order chi connectivity index (χ0) is 25.9. The summed E-state index contributed by atoms with van der Waals surface area (Å²) in [6, 6.07) is 19.0. The molecule has 186 valence electrons. The predicted molar refractivity (Wildman–Crippen MR) is 140 cm³/mol. The van der Waals surface area contributed by atoms with Crippen LogP contribution in [0, 0.1) is 11.3 Å². The van der Waals surface area contributed by atoms with E-state index in [0.29, 0.717) is 57.8 Å². The largest absolute Gasteiger partial charge is 0.465 e. The SMILES string of the molecule is CCCCOC(=O)Cc1ccc(Oc2ccc(C(=O)NCCc3c(Cl)cccc3Cl)cc2)c(C#N)c1. The molecule has 0 bridgehead atoms. The zero-order valence-corrected chi connectivity index (χ0v) is 21.4. The maximum atomic E-state index is 12.5. The number of hydrogen-bond donors (Lipinski definition) is 1. The second-order valence-corrected chi connectivity index (χ2v) is 8.84. The minimum atomic E-state index is -0.329. The molecular formula is C28H26Cl2N2O4. The van der Waals surface area contributed by atoms with Crippen molar-refractivity contribution in [3.63, 3.8) is 0 Å². The number of nitrogens with one attached hydrogen (secondary N) is 1. The molecule has 6 nitrogen and oxygen atoms in total. The fraction of sp³-hybridized carbons (Fsp3) is 0.250. The highest BCUT2D eigenvalue weighted by atomic mass is 35.5. The van der Waals surface area contributed by atoms with Crippen molar-refractivity contribution in [1.29, 1.82) is 5.26 Å². The monoisotopic (exact) mass is 524 g/mol. The summed E-state index contributed by atoms with van der Waals surface area (Å²) < 4.78 is 11.0. The molecule has 1 N–H and O–H groups in total. The Balaban J connectivity index is 1.56. The van der Waals surface area contributed by atoms with Gasteiger partial charge in [-0.25, -0.2) is 0 Å². The van der Waals surface area contributed by atoms with Crippen molar-refractivity contribution in [2.75, 3.05) is 13.2 Å². The van der Waals surface area contributed by atoms with Crippen molar-refractivity contribution < 1.29 is 19.1 Å². The Labute approximate surface area is 220 Å². The van der Waals surface area contributed by atoms with Crippen molar-refractivity contribution >= 4 is 35.1 Å². The summed E-state index contributed by atoms with van der Waals surface area (Å²) in [4.78, 5) is 24.4. The molecule has 36 heavy (non-hydrogen) atoms. The highest BCUT2D eigenvalue weighted by molar-refractivity contribution is 6.36. The maximum absolute atomic E-state index is 12.5. The van der Waals surface area contributed by atoms with Crippen LogP contribution in [0.4, 0.5) is 0 Å². The van der Waals surface area contributed by atoms with Crippen LogP contribution in [0.25, 0.3) is 0 Å². The fourth-order valence-corrected chi connectivity index (χ4v) is 3.97. The Morgan fingerprint density at radius 3 is 2.42 bits per heavy atom. The molecule has 0 aliphatic heterocycles. The Morgan fingerprint density at radius 1 is 1.03 bits per heavy atom. The summed E-state index contributed by atoms with van der Waals surface area (Å²) in [5.74, 6) is 0.259. The van der Waals surface area contributed by atoms with Gasteiger partial charge in [-0.3, -0.25) is 9.59 Å². The van der Waals surface area contributed by atoms with E-state index in [1.807, 2.05) is 6.92 Å². The van der Waals surface area contributed by atoms with Crippen LogP contribution in [-0.2, 0) is 22.4 Å². The molecule has 0 radical (unpaired) electrons. The normalized spacial score (nSPS) is 10.4. The number of nitriles is 1. The summed E-state index contributed by atoms with van der Waals surface area (Å²) in [5, 5.41) is 13.5. The third-order valence-electron chi connectivity index (χ3n) is 5.34. The summed E-state index contributed by atoms with van der Waals surface area (Å²) in [5.41, 5.74) is 2.22. The quantitative estimate of drug-likeness (QED) is 0.228. The van der Waals surface area contributed by atoms with Crippen LogP contribution < -0.4 is 10.1 Å². The van der Waals surface area contributed by atoms with Crippen LogP contribution in [0.5, 0.6) is 11.5 Å². The van der Waals surface area contributed by atoms with E-state index in [0.717, 1.165) is 18.4 Å². The zero-order valence-electron chi connectivity index (χ0n) is 19.9. The lowest BCUT2D eigenvalue weighted by atomic mass is 10.1. The van der Waals surface area contributed by atoms with E-state index in [2.05, 4.69) is 11.4 Å². The topological polar surface area (TPSA) is 88.4 Å². The molecule has 0 aliphatic rings. The Morgan fingerprint density at radius 2 is 1.75 bits per heavy atom. The number of amides is 1. The molecule has 3 aromatic carbocycles. The molecule has 0 aromatic heterocycles. The summed E-state index contributed by atoms with van der Waals surface area (Å²) in [6.45, 7) is 2.80. The second kappa shape index (κ2) is 13.5. The number of ether oxygens (including phenoxy) is 2. The standard InChI is InChI=1S/C28H26Cl2N2O4/c1-2-3-15-35-27(33)17-19-7-12-26(21(16-19)18-31)36-22-10-8-20(9-11-22)28(34)32-14-13-23-24(29)5-4-6-25(23)30/h4-12,16H,2-3,13-15,17H2,1H3,(H,32,34). The van der Waals surface area contributed by atoms with Gasteiger partial charge in [-0.15, -0.1) is 0 Å². The molecule has 3 aromatic rings. The predicted octanol–water partition coefficient (Wildman–Crippen LogP) is 6.52. The first kappa shape index (κ1) is 27.1. The molecule has 0 atom stereocenters. The highest BCUT2D eigenvalue weighted by Crippen LogP contribution is 2.27. The Bertz CT molecular complexity index is 1230. The van der Waals surface area contributed by atoms with Gasteiger partial charge in [-0.2, -0.15) is 5.26 Å². The lowest BCUT2D eigenvalue weighted by Gasteiger charge is -2.11. The maximum Gasteiger partial charge on any atom is 0.310 e. The number of nitrogens with zero attached hydrogens (tertiary/aromatic N) is 1. The van der Waals surface area contributed by atoms with Gasteiger partial charge in [0.1, 0.15) is 17.6 Å². The molecule has 0 saturated heterocycles. The molecule has 3 rings (SSSR count). The summed E-state index contributed by atoms with van der Waals surface area (Å²) in [6.07, 6.45) is 2.36. The van der Waals surface area contributed by atoms with Gasteiger partial charge in [-0.1, -0.05) is 48.7 Å². The molecule has 8 heteroatoms. The highest BCUT2D eigenvalue weighted by Gasteiger charge is 2.12. The van der Waals surface area contributed by atoms with Gasteiger partial charge in [0.15, 0.2) is 0 Å². The van der Waals surface area contributed by atoms with Gasteiger partial charge in [0.05, 0.1) is 18.6 Å². The number of carbonyl (C=O) groups is 2. The number of rotatable bonds is 11. The van der Waals surface area contributed by atoms with Gasteiger partial charge < -0.3 is 14.8 Å². The first-order chi connectivity index (χ1) is 17.4. The smallest absolute Gasteiger partial charge is 0.310 e. The van der Waals surface area contributed by atoms with Crippen molar-refractivity contribution in [2.45, 2.75) is 32.6 Å². The molecule has 0 spiro atoms. The van der Waals surface area contributed by atoms with Crippen LogP contribution in [0.3, 0.4) is 0 Å². The van der Waals surface area contributed by atoms with Crippen LogP contribution in [-0.4, -0.2) is 25.0 Å². The van der Waals surface area contributed by atoms with Gasteiger partial charge in [-0.05, 0) is 72.5 Å². The first-order valence-corrected chi connectivity index (χ1v) is 12.3. The molecule has 0 aliphatic carbocycles. The fourth-order valence-electron chi connectivity index (χ4n) is 3.39. The van der Waals surface area contributed by atoms with Crippen LogP contribution in [0.1, 0.15) is 46.8 Å². The number of benzene rings is 3. The van der Waals surface area contributed by atoms with Crippen molar-refractivity contribution in [2.24, 2.45) is 0 Å². The van der Waals surface area contributed by atoms with E-state index in [4.69, 9.17) is 32.7 Å². The first-order valence-electron chi connectivity index (χ1n) is 11.6. The Kier molecular flexibility index (Phi) is 10.2. The van der Waals surface area contributed by atoms with Gasteiger partial charge in [0, 0.05) is 22.2 Å². The summed E-state index contributed by atoms with van der Waals surface area (Å²) >= 11 is 12.3. The number of unbranched alkanes of at least 4 members (excludes halogenated alkanes) is 1. The minimum absolute atomic E-state index is 0.0885. The van der Waals surface area contributed by atoms with Crippen molar-refractivity contribution in [3.05, 3.63) is 93.0 Å². The number of esters is 1. The number of hydrogen-bond acceptors (Lipinski definition) is 5. The molecular weight excluding hydrogens is 499 g/mol. The lowest BCUT2D eigenvalue weighted by molar-refractivity contribution is -0.142. The van der Waals surface area contributed by atoms with E-state index in [-0.39, 0.29) is 18.3 Å². The number of halogens is 2. The van der Waals surface area contributed by atoms with E-state index in [1.54, 1.807) is 60.7 Å². The average molecular weight is 525 g/mol. The van der Waals surface area contributed by atoms with Gasteiger partial charge in [0.25, 0.3) is 5.91 Å². The molecule has 0 saturated carbocycles. The third kappa shape index (κ3) is 7.74. The third-order valence-corrected chi connectivity index (χ3v) is 6.05. The lowest BCUT2D eigenvalue weighted by Crippen LogP contribution is -2.25. The average Bonchev–Trinajstić information content (AvgIpc) is 2.87. The molecule has 0 fully saturated rings. The molecule has 0 heterocycles. The second-order valence-electron chi connectivity index (χ2n) is 8.03. The van der Waals surface area contributed by atoms with Crippen LogP contribution in [0.15, 0.2) is 60.7 Å².